The monoisotopic (exact) mass is 1040 g/mol. The van der Waals surface area contributed by atoms with Crippen LogP contribution in [0.2, 0.25) is 0 Å². The van der Waals surface area contributed by atoms with Gasteiger partial charge in [-0.05, 0) is 203 Å². The number of anilines is 12. The molecule has 0 amide bonds. The molecule has 2 aliphatic rings. The van der Waals surface area contributed by atoms with Gasteiger partial charge in [-0.3, -0.25) is 0 Å². The molecule has 0 bridgehead atoms. The SMILES string of the molecule is CC1(C)c2cc(N(c3ccccc3)c3ccccc3)ccc2-c2c1cc(N(c1ccccc1)c1ccccc1)cc2C1(C)c2cc(N(c3ccccc3)c3ccccc3)ccc2-c2ccc(N(c3ccccc3)c3ccccc3)cc21. The Kier molecular flexibility index (Phi) is 12.3. The molecule has 12 aromatic rings. The number of para-hydroxylation sites is 8. The second kappa shape index (κ2) is 20.3. The van der Waals surface area contributed by atoms with E-state index in [1.165, 1.54) is 50.1 Å². The average molecular weight is 1040 g/mol. The quantitative estimate of drug-likeness (QED) is 0.114. The number of hydrogen-bond donors (Lipinski definition) is 0. The second-order valence-electron chi connectivity index (χ2n) is 21.9. The summed E-state index contributed by atoms with van der Waals surface area (Å²) < 4.78 is 0. The summed E-state index contributed by atoms with van der Waals surface area (Å²) >= 11 is 0. The molecular formula is C77H60N4. The second-order valence-corrected chi connectivity index (χ2v) is 21.9. The van der Waals surface area contributed by atoms with Crippen molar-refractivity contribution in [2.24, 2.45) is 0 Å². The highest BCUT2D eigenvalue weighted by Gasteiger charge is 2.48. The van der Waals surface area contributed by atoms with Gasteiger partial charge >= 0.3 is 0 Å². The van der Waals surface area contributed by atoms with Crippen molar-refractivity contribution in [1.29, 1.82) is 0 Å². The molecule has 0 aliphatic heterocycles. The fourth-order valence-electron chi connectivity index (χ4n) is 13.0. The normalized spacial score (nSPS) is 13.1. The van der Waals surface area contributed by atoms with Gasteiger partial charge in [-0.15, -0.1) is 0 Å². The summed E-state index contributed by atoms with van der Waals surface area (Å²) in [6, 6.07) is 113. The molecular weight excluding hydrogens is 981 g/mol. The van der Waals surface area contributed by atoms with Crippen LogP contribution in [-0.4, -0.2) is 0 Å². The lowest BCUT2D eigenvalue weighted by atomic mass is 9.70. The number of hydrogen-bond acceptors (Lipinski definition) is 4. The van der Waals surface area contributed by atoms with Gasteiger partial charge < -0.3 is 19.6 Å². The Bertz CT molecular complexity index is 3900. The zero-order valence-corrected chi connectivity index (χ0v) is 45.7. The molecule has 0 heterocycles. The summed E-state index contributed by atoms with van der Waals surface area (Å²) in [6.07, 6.45) is 0. The molecule has 0 spiro atoms. The highest BCUT2D eigenvalue weighted by molar-refractivity contribution is 5.96. The summed E-state index contributed by atoms with van der Waals surface area (Å²) in [5, 5.41) is 0. The molecule has 0 atom stereocenters. The number of benzene rings is 12. The third-order valence-corrected chi connectivity index (χ3v) is 16.8. The van der Waals surface area contributed by atoms with Crippen molar-refractivity contribution in [3.63, 3.8) is 0 Å². The molecule has 81 heavy (non-hydrogen) atoms. The first-order valence-electron chi connectivity index (χ1n) is 28.1. The molecule has 0 saturated heterocycles. The molecule has 0 unspecified atom stereocenters. The van der Waals surface area contributed by atoms with Crippen LogP contribution in [0.15, 0.2) is 309 Å². The van der Waals surface area contributed by atoms with Crippen molar-refractivity contribution in [2.45, 2.75) is 31.6 Å². The van der Waals surface area contributed by atoms with Crippen molar-refractivity contribution >= 4 is 68.2 Å². The van der Waals surface area contributed by atoms with Crippen LogP contribution in [-0.2, 0) is 10.8 Å². The molecule has 4 heteroatoms. The Balaban J connectivity index is 1.07. The van der Waals surface area contributed by atoms with E-state index >= 15 is 0 Å². The molecule has 388 valence electrons. The van der Waals surface area contributed by atoms with Gasteiger partial charge in [-0.1, -0.05) is 178 Å². The van der Waals surface area contributed by atoms with Gasteiger partial charge in [0.05, 0.1) is 0 Å². The third-order valence-electron chi connectivity index (χ3n) is 16.8. The first-order chi connectivity index (χ1) is 39.8. The Hall–Kier alpha value is -10.2. The predicted octanol–water partition coefficient (Wildman–Crippen LogP) is 21.2. The lowest BCUT2D eigenvalue weighted by Crippen LogP contribution is -2.26. The summed E-state index contributed by atoms with van der Waals surface area (Å²) in [5.74, 6) is 0. The third kappa shape index (κ3) is 8.47. The van der Waals surface area contributed by atoms with Crippen molar-refractivity contribution in [2.75, 3.05) is 19.6 Å². The van der Waals surface area contributed by atoms with E-state index in [2.05, 4.69) is 350 Å². The van der Waals surface area contributed by atoms with Crippen LogP contribution >= 0.6 is 0 Å². The molecule has 0 saturated carbocycles. The van der Waals surface area contributed by atoms with E-state index < -0.39 is 10.8 Å². The summed E-state index contributed by atoms with van der Waals surface area (Å²) in [7, 11) is 0. The Morgan fingerprint density at radius 2 is 0.432 bits per heavy atom. The van der Waals surface area contributed by atoms with Crippen LogP contribution < -0.4 is 19.6 Å². The van der Waals surface area contributed by atoms with Crippen molar-refractivity contribution in [3.05, 3.63) is 337 Å². The van der Waals surface area contributed by atoms with Crippen LogP contribution in [0.25, 0.3) is 22.3 Å². The van der Waals surface area contributed by atoms with Crippen LogP contribution in [0.4, 0.5) is 68.2 Å². The number of fused-ring (bicyclic) bond motifs is 6. The standard InChI is InChI=1S/C77H60N4/c1-76(2)70-50-63(78(55-28-12-4-13-29-55)56-30-14-5-15-31-56)46-49-69(70)75-73(76)53-66(81(61-40-24-10-25-41-61)62-42-26-11-27-43-62)54-74(75)77(3)71-51-64(79(57-32-16-6-17-33-57)58-34-18-7-19-35-58)44-47-67(71)68-48-45-65(52-72(68)77)80(59-36-20-8-21-37-59)60-38-22-9-23-39-60/h4-54H,1-3H3. The minimum absolute atomic E-state index is 0.428. The van der Waals surface area contributed by atoms with Gasteiger partial charge in [0.15, 0.2) is 0 Å². The van der Waals surface area contributed by atoms with Crippen LogP contribution in [0.3, 0.4) is 0 Å². The summed E-state index contributed by atoms with van der Waals surface area (Å²) in [4.78, 5) is 9.65. The lowest BCUT2D eigenvalue weighted by molar-refractivity contribution is 0.656. The Morgan fingerprint density at radius 1 is 0.198 bits per heavy atom. The van der Waals surface area contributed by atoms with Crippen LogP contribution in [0, 0.1) is 0 Å². The Morgan fingerprint density at radius 3 is 0.728 bits per heavy atom. The minimum atomic E-state index is -0.718. The van der Waals surface area contributed by atoms with Gasteiger partial charge in [0.2, 0.25) is 0 Å². The van der Waals surface area contributed by atoms with Crippen molar-refractivity contribution in [3.8, 4) is 22.3 Å². The maximum absolute atomic E-state index is 2.54. The van der Waals surface area contributed by atoms with Crippen LogP contribution in [0.1, 0.15) is 48.6 Å². The van der Waals surface area contributed by atoms with Crippen molar-refractivity contribution in [1.82, 2.24) is 0 Å². The maximum atomic E-state index is 2.54. The largest absolute Gasteiger partial charge is 0.310 e. The van der Waals surface area contributed by atoms with E-state index in [9.17, 15) is 0 Å². The molecule has 14 rings (SSSR count). The lowest BCUT2D eigenvalue weighted by Gasteiger charge is -2.35. The van der Waals surface area contributed by atoms with Gasteiger partial charge in [0.25, 0.3) is 0 Å². The van der Waals surface area contributed by atoms with Gasteiger partial charge in [0, 0.05) is 79.1 Å². The van der Waals surface area contributed by atoms with Crippen molar-refractivity contribution < 1.29 is 0 Å². The van der Waals surface area contributed by atoms with E-state index in [1.54, 1.807) is 0 Å². The van der Waals surface area contributed by atoms with Gasteiger partial charge in [-0.2, -0.15) is 0 Å². The first-order valence-corrected chi connectivity index (χ1v) is 28.1. The molecule has 0 fully saturated rings. The fourth-order valence-corrected chi connectivity index (χ4v) is 13.0. The van der Waals surface area contributed by atoms with E-state index in [4.69, 9.17) is 0 Å². The summed E-state index contributed by atoms with van der Waals surface area (Å²) in [5.41, 5.74) is 23.4. The van der Waals surface area contributed by atoms with Gasteiger partial charge in [-0.25, -0.2) is 0 Å². The topological polar surface area (TPSA) is 13.0 Å². The predicted molar refractivity (Wildman–Crippen MR) is 340 cm³/mol. The molecule has 0 N–H and O–H groups in total. The summed E-state index contributed by atoms with van der Waals surface area (Å²) in [6.45, 7) is 7.38. The maximum Gasteiger partial charge on any atom is 0.0468 e. The van der Waals surface area contributed by atoms with E-state index in [0.29, 0.717) is 0 Å². The van der Waals surface area contributed by atoms with Crippen LogP contribution in [0.5, 0.6) is 0 Å². The zero-order chi connectivity index (χ0) is 54.5. The molecule has 4 nitrogen and oxygen atoms in total. The van der Waals surface area contributed by atoms with E-state index in [0.717, 1.165) is 68.2 Å². The molecule has 0 aromatic heterocycles. The molecule has 2 aliphatic carbocycles. The average Bonchev–Trinajstić information content (AvgIpc) is 2.94. The molecule has 0 radical (unpaired) electrons. The zero-order valence-electron chi connectivity index (χ0n) is 45.7. The smallest absolute Gasteiger partial charge is 0.0468 e. The van der Waals surface area contributed by atoms with E-state index in [-0.39, 0.29) is 0 Å². The molecule has 12 aromatic carbocycles. The number of rotatable bonds is 13. The minimum Gasteiger partial charge on any atom is -0.310 e. The number of nitrogens with zero attached hydrogens (tertiary/aromatic N) is 4. The highest BCUT2D eigenvalue weighted by atomic mass is 15.2. The van der Waals surface area contributed by atoms with E-state index in [1.807, 2.05) is 0 Å². The first kappa shape index (κ1) is 49.2. The Labute approximate surface area is 476 Å². The fraction of sp³-hybridized carbons (Fsp3) is 0.0649. The van der Waals surface area contributed by atoms with Gasteiger partial charge in [0.1, 0.15) is 0 Å². The highest BCUT2D eigenvalue weighted by Crippen LogP contribution is 2.62.